The predicted octanol–water partition coefficient (Wildman–Crippen LogP) is 4.08. The zero-order chi connectivity index (χ0) is 35.6. The van der Waals surface area contributed by atoms with E-state index in [1.807, 2.05) is 0 Å². The van der Waals surface area contributed by atoms with Crippen molar-refractivity contribution in [3.8, 4) is 0 Å². The summed E-state index contributed by atoms with van der Waals surface area (Å²) < 4.78 is 50.9. The molecular weight excluding hydrogens is 653 g/mol. The van der Waals surface area contributed by atoms with Crippen LogP contribution in [0.25, 0.3) is 0 Å². The minimum atomic E-state index is -3.87. The summed E-state index contributed by atoms with van der Waals surface area (Å²) >= 11 is 0. The van der Waals surface area contributed by atoms with E-state index < -0.39 is 26.1 Å². The van der Waals surface area contributed by atoms with Crippen molar-refractivity contribution in [2.45, 2.75) is 89.5 Å². The largest absolute Gasteiger partial charge is 0.471 e. The van der Waals surface area contributed by atoms with Crippen LogP contribution in [-0.4, -0.2) is 123 Å². The Morgan fingerprint density at radius 1 is 0.583 bits per heavy atom. The molecule has 0 spiro atoms. The number of hydrogen-bond acceptors (Lipinski definition) is 12. The van der Waals surface area contributed by atoms with Crippen LogP contribution in [0, 0.1) is 0 Å². The number of methoxy groups -OCH3 is 2. The number of carbonyl (C=O) groups excluding carboxylic acids is 3. The van der Waals surface area contributed by atoms with Crippen LogP contribution < -0.4 is 16.0 Å². The molecule has 4 N–H and O–H groups in total. The quantitative estimate of drug-likeness (QED) is 0.0550. The standard InChI is InChI=1S/C31H62N3O13P/c1-40-20-22-43-24-26-45-30(36)33-18-14-12-16-28(34-31(37)46-27-25-44-23-21-41-2)29(35)32-17-13-10-8-6-4-5-7-9-11-15-19-47-48(38,39)42-3/h28H,4-27H2,1-3H3,(H,32,35)(H,33,36)(H,34,37)(H,38,39). The minimum Gasteiger partial charge on any atom is -0.447 e. The van der Waals surface area contributed by atoms with Gasteiger partial charge in [-0.2, -0.15) is 0 Å². The van der Waals surface area contributed by atoms with E-state index in [4.69, 9.17) is 32.9 Å². The van der Waals surface area contributed by atoms with Crippen LogP contribution >= 0.6 is 7.82 Å². The molecule has 0 fully saturated rings. The number of carbonyl (C=O) groups is 3. The molecule has 0 aliphatic rings. The fraction of sp³-hybridized carbons (Fsp3) is 0.903. The number of hydrogen-bond donors (Lipinski definition) is 4. The number of nitrogens with one attached hydrogen (secondary N) is 3. The smallest absolute Gasteiger partial charge is 0.447 e. The number of ether oxygens (including phenoxy) is 6. The second-order valence-electron chi connectivity index (χ2n) is 10.9. The zero-order valence-electron chi connectivity index (χ0n) is 29.3. The van der Waals surface area contributed by atoms with Gasteiger partial charge in [-0.3, -0.25) is 13.8 Å². The van der Waals surface area contributed by atoms with Gasteiger partial charge in [0.2, 0.25) is 5.91 Å². The normalized spacial score (nSPS) is 13.0. The van der Waals surface area contributed by atoms with Crippen molar-refractivity contribution >= 4 is 25.9 Å². The molecule has 0 rings (SSSR count). The number of rotatable bonds is 34. The van der Waals surface area contributed by atoms with Crippen molar-refractivity contribution in [2.75, 3.05) is 93.9 Å². The van der Waals surface area contributed by atoms with Gasteiger partial charge in [-0.25, -0.2) is 14.2 Å². The van der Waals surface area contributed by atoms with Gasteiger partial charge in [0, 0.05) is 34.4 Å². The van der Waals surface area contributed by atoms with E-state index in [9.17, 15) is 23.8 Å². The van der Waals surface area contributed by atoms with Crippen LogP contribution in [0.15, 0.2) is 0 Å². The molecule has 3 amide bonds. The number of unbranched alkanes of at least 4 members (excludes halogenated alkanes) is 10. The molecule has 16 nitrogen and oxygen atoms in total. The molecule has 0 aromatic carbocycles. The van der Waals surface area contributed by atoms with E-state index in [1.165, 1.54) is 0 Å². The lowest BCUT2D eigenvalue weighted by molar-refractivity contribution is -0.123. The topological polar surface area (TPSA) is 198 Å². The first kappa shape index (κ1) is 46.0. The van der Waals surface area contributed by atoms with Gasteiger partial charge >= 0.3 is 20.0 Å². The molecule has 0 heterocycles. The Balaban J connectivity index is 4.22. The summed E-state index contributed by atoms with van der Waals surface area (Å²) in [6, 6.07) is -0.775. The Kier molecular flexibility index (Phi) is 32.0. The van der Waals surface area contributed by atoms with Gasteiger partial charge in [-0.05, 0) is 32.1 Å². The zero-order valence-corrected chi connectivity index (χ0v) is 30.2. The molecule has 0 aromatic heterocycles. The van der Waals surface area contributed by atoms with Gasteiger partial charge in [0.1, 0.15) is 19.3 Å². The van der Waals surface area contributed by atoms with E-state index in [-0.39, 0.29) is 38.9 Å². The Morgan fingerprint density at radius 3 is 1.62 bits per heavy atom. The molecule has 0 aliphatic carbocycles. The third kappa shape index (κ3) is 31.2. The van der Waals surface area contributed by atoms with E-state index >= 15 is 0 Å². The highest BCUT2D eigenvalue weighted by atomic mass is 31.2. The Hall–Kier alpha value is -2.04. The fourth-order valence-electron chi connectivity index (χ4n) is 4.25. The van der Waals surface area contributed by atoms with Crippen molar-refractivity contribution in [3.05, 3.63) is 0 Å². The maximum Gasteiger partial charge on any atom is 0.471 e. The van der Waals surface area contributed by atoms with Gasteiger partial charge in [-0.1, -0.05) is 51.4 Å². The molecular formula is C31H62N3O13P. The molecule has 0 saturated heterocycles. The van der Waals surface area contributed by atoms with Gasteiger partial charge in [-0.15, -0.1) is 0 Å². The van der Waals surface area contributed by atoms with Gasteiger partial charge in [0.05, 0.1) is 46.2 Å². The molecule has 17 heteroatoms. The SMILES string of the molecule is COCCOCCOC(=O)NCCCCC(NC(=O)OCCOCCOC)C(=O)NCCCCCCCCCCCCOP(=O)(O)OC. The van der Waals surface area contributed by atoms with Gasteiger partial charge < -0.3 is 49.3 Å². The highest BCUT2D eigenvalue weighted by Crippen LogP contribution is 2.41. The third-order valence-electron chi connectivity index (χ3n) is 6.94. The van der Waals surface area contributed by atoms with Crippen LogP contribution in [-0.2, 0) is 46.8 Å². The first-order valence-electron chi connectivity index (χ1n) is 17.0. The summed E-state index contributed by atoms with van der Waals surface area (Å²) in [5.74, 6) is -0.279. The molecule has 48 heavy (non-hydrogen) atoms. The van der Waals surface area contributed by atoms with E-state index in [1.54, 1.807) is 14.2 Å². The van der Waals surface area contributed by atoms with Crippen LogP contribution in [0.5, 0.6) is 0 Å². The highest BCUT2D eigenvalue weighted by Gasteiger charge is 2.21. The summed E-state index contributed by atoms with van der Waals surface area (Å²) in [4.78, 5) is 46.2. The molecule has 0 radical (unpaired) electrons. The maximum absolute atomic E-state index is 12.9. The summed E-state index contributed by atoms with van der Waals surface area (Å²) in [6.07, 6.45) is 10.4. The van der Waals surface area contributed by atoms with E-state index in [0.717, 1.165) is 71.3 Å². The van der Waals surface area contributed by atoms with Crippen LogP contribution in [0.4, 0.5) is 9.59 Å². The fourth-order valence-corrected chi connectivity index (χ4v) is 4.72. The number of alkyl carbamates (subject to hydrolysis) is 2. The Morgan fingerprint density at radius 2 is 1.06 bits per heavy atom. The molecule has 0 saturated carbocycles. The Bertz CT molecular complexity index is 841. The maximum atomic E-state index is 12.9. The lowest BCUT2D eigenvalue weighted by atomic mass is 10.1. The molecule has 284 valence electrons. The molecule has 0 bridgehead atoms. The molecule has 2 atom stereocenters. The van der Waals surface area contributed by atoms with Crippen molar-refractivity contribution in [2.24, 2.45) is 0 Å². The summed E-state index contributed by atoms with van der Waals surface area (Å²) in [7, 11) is 0.428. The predicted molar refractivity (Wildman–Crippen MR) is 179 cm³/mol. The van der Waals surface area contributed by atoms with Crippen molar-refractivity contribution < 1.29 is 61.3 Å². The van der Waals surface area contributed by atoms with E-state index in [2.05, 4.69) is 20.5 Å². The van der Waals surface area contributed by atoms with Gasteiger partial charge in [0.15, 0.2) is 0 Å². The van der Waals surface area contributed by atoms with E-state index in [0.29, 0.717) is 58.8 Å². The average molecular weight is 716 g/mol. The third-order valence-corrected chi connectivity index (χ3v) is 7.91. The summed E-state index contributed by atoms with van der Waals surface area (Å²) in [5.41, 5.74) is 0. The van der Waals surface area contributed by atoms with Crippen molar-refractivity contribution in [1.82, 2.24) is 16.0 Å². The number of amides is 3. The van der Waals surface area contributed by atoms with Crippen LogP contribution in [0.1, 0.15) is 83.5 Å². The molecule has 0 aliphatic heterocycles. The van der Waals surface area contributed by atoms with Crippen molar-refractivity contribution in [3.63, 3.8) is 0 Å². The van der Waals surface area contributed by atoms with Gasteiger partial charge in [0.25, 0.3) is 0 Å². The second-order valence-corrected chi connectivity index (χ2v) is 12.5. The first-order chi connectivity index (χ1) is 23.3. The number of phosphoric acid groups is 1. The first-order valence-corrected chi connectivity index (χ1v) is 18.5. The lowest BCUT2D eigenvalue weighted by Gasteiger charge is -2.18. The molecule has 0 aromatic rings. The summed E-state index contributed by atoms with van der Waals surface area (Å²) in [6.45, 7) is 3.50. The minimum absolute atomic E-state index is 0.0476. The average Bonchev–Trinajstić information content (AvgIpc) is 3.07. The van der Waals surface area contributed by atoms with Crippen LogP contribution in [0.3, 0.4) is 0 Å². The Labute approximate surface area is 286 Å². The summed E-state index contributed by atoms with van der Waals surface area (Å²) in [5, 5.41) is 8.23. The van der Waals surface area contributed by atoms with Crippen LogP contribution in [0.2, 0.25) is 0 Å². The highest BCUT2D eigenvalue weighted by molar-refractivity contribution is 7.47. The second kappa shape index (κ2) is 33.5. The molecule has 2 unspecified atom stereocenters. The monoisotopic (exact) mass is 715 g/mol. The lowest BCUT2D eigenvalue weighted by Crippen LogP contribution is -2.47. The number of phosphoric ester groups is 1. The van der Waals surface area contributed by atoms with Crippen molar-refractivity contribution in [1.29, 1.82) is 0 Å².